The van der Waals surface area contributed by atoms with Gasteiger partial charge in [0.1, 0.15) is 0 Å². The van der Waals surface area contributed by atoms with Crippen molar-refractivity contribution in [2.75, 3.05) is 21.9 Å². The minimum Gasteiger partial charge on any atom is -0.325 e. The van der Waals surface area contributed by atoms with Gasteiger partial charge in [-0.3, -0.25) is 9.10 Å². The van der Waals surface area contributed by atoms with Crippen molar-refractivity contribution >= 4 is 39.1 Å². The second kappa shape index (κ2) is 7.32. The molecule has 3 rings (SSSR count). The molecule has 0 bridgehead atoms. The lowest BCUT2D eigenvalue weighted by Gasteiger charge is -2.23. The SMILES string of the molecule is CCN(c1cccc(C)c1)S(=O)(=O)c1ccc2c(c1)NC(=O)C(C)CS2. The van der Waals surface area contributed by atoms with Crippen LogP contribution in [0, 0.1) is 12.8 Å². The molecule has 0 aromatic heterocycles. The number of carbonyl (C=O) groups excluding carboxylic acids is 1. The average Bonchev–Trinajstić information content (AvgIpc) is 2.74. The van der Waals surface area contributed by atoms with Crippen LogP contribution >= 0.6 is 11.8 Å². The van der Waals surface area contributed by atoms with E-state index in [1.165, 1.54) is 4.31 Å². The third kappa shape index (κ3) is 3.59. The second-order valence-corrected chi connectivity index (χ2v) is 9.29. The molecule has 0 saturated carbocycles. The maximum atomic E-state index is 13.2. The third-order valence-electron chi connectivity index (χ3n) is 4.31. The van der Waals surface area contributed by atoms with Gasteiger partial charge < -0.3 is 5.32 Å². The second-order valence-electron chi connectivity index (χ2n) is 6.37. The van der Waals surface area contributed by atoms with Gasteiger partial charge in [0.15, 0.2) is 0 Å². The average molecular weight is 391 g/mol. The van der Waals surface area contributed by atoms with Crippen molar-refractivity contribution in [1.29, 1.82) is 0 Å². The highest BCUT2D eigenvalue weighted by atomic mass is 32.2. The number of sulfonamides is 1. The molecule has 1 heterocycles. The molecular formula is C19H22N2O3S2. The fourth-order valence-corrected chi connectivity index (χ4v) is 5.34. The molecule has 1 unspecified atom stereocenters. The first-order valence-corrected chi connectivity index (χ1v) is 10.9. The number of nitrogens with one attached hydrogen (secondary N) is 1. The minimum atomic E-state index is -3.72. The molecule has 5 nitrogen and oxygen atoms in total. The molecule has 0 fully saturated rings. The van der Waals surface area contributed by atoms with Crippen molar-refractivity contribution in [1.82, 2.24) is 0 Å². The van der Waals surface area contributed by atoms with Crippen molar-refractivity contribution in [3.63, 3.8) is 0 Å². The summed E-state index contributed by atoms with van der Waals surface area (Å²) in [5.41, 5.74) is 2.19. The number of anilines is 2. The first-order chi connectivity index (χ1) is 12.3. The van der Waals surface area contributed by atoms with Crippen molar-refractivity contribution in [3.8, 4) is 0 Å². The van der Waals surface area contributed by atoms with Gasteiger partial charge in [0.25, 0.3) is 10.0 Å². The number of hydrogen-bond donors (Lipinski definition) is 1. The van der Waals surface area contributed by atoms with Gasteiger partial charge >= 0.3 is 0 Å². The summed E-state index contributed by atoms with van der Waals surface area (Å²) < 4.78 is 27.8. The van der Waals surface area contributed by atoms with E-state index in [-0.39, 0.29) is 16.7 Å². The van der Waals surface area contributed by atoms with Gasteiger partial charge in [0.2, 0.25) is 5.91 Å². The Labute approximate surface area is 158 Å². The number of benzene rings is 2. The number of thioether (sulfide) groups is 1. The van der Waals surface area contributed by atoms with Crippen molar-refractivity contribution < 1.29 is 13.2 Å². The van der Waals surface area contributed by atoms with E-state index < -0.39 is 10.0 Å². The Bertz CT molecular complexity index is 942. The summed E-state index contributed by atoms with van der Waals surface area (Å²) in [5.74, 6) is 0.471. The van der Waals surface area contributed by atoms with E-state index in [0.717, 1.165) is 10.5 Å². The largest absolute Gasteiger partial charge is 0.325 e. The molecule has 26 heavy (non-hydrogen) atoms. The highest BCUT2D eigenvalue weighted by molar-refractivity contribution is 7.99. The van der Waals surface area contributed by atoms with Gasteiger partial charge in [-0.15, -0.1) is 11.8 Å². The zero-order valence-electron chi connectivity index (χ0n) is 15.0. The van der Waals surface area contributed by atoms with Crippen LogP contribution < -0.4 is 9.62 Å². The topological polar surface area (TPSA) is 66.5 Å². The highest BCUT2D eigenvalue weighted by Gasteiger charge is 2.26. The van der Waals surface area contributed by atoms with Gasteiger partial charge in [-0.05, 0) is 49.7 Å². The third-order valence-corrected chi connectivity index (χ3v) is 7.54. The number of nitrogens with zero attached hydrogens (tertiary/aromatic N) is 1. The predicted octanol–water partition coefficient (Wildman–Crippen LogP) is 3.89. The van der Waals surface area contributed by atoms with E-state index in [4.69, 9.17) is 0 Å². The van der Waals surface area contributed by atoms with Crippen LogP contribution in [0.5, 0.6) is 0 Å². The van der Waals surface area contributed by atoms with Crippen LogP contribution in [-0.4, -0.2) is 26.6 Å². The quantitative estimate of drug-likeness (QED) is 0.860. The van der Waals surface area contributed by atoms with E-state index in [0.29, 0.717) is 23.7 Å². The Morgan fingerprint density at radius 1 is 1.23 bits per heavy atom. The lowest BCUT2D eigenvalue weighted by atomic mass is 10.2. The smallest absolute Gasteiger partial charge is 0.264 e. The molecule has 1 aliphatic rings. The van der Waals surface area contributed by atoms with E-state index >= 15 is 0 Å². The van der Waals surface area contributed by atoms with Crippen molar-refractivity contribution in [2.45, 2.75) is 30.6 Å². The fourth-order valence-electron chi connectivity index (χ4n) is 2.84. The maximum absolute atomic E-state index is 13.2. The highest BCUT2D eigenvalue weighted by Crippen LogP contribution is 2.35. The zero-order chi connectivity index (χ0) is 18.9. The molecule has 1 N–H and O–H groups in total. The summed E-state index contributed by atoms with van der Waals surface area (Å²) in [6.07, 6.45) is 0. The lowest BCUT2D eigenvalue weighted by molar-refractivity contribution is -0.118. The molecule has 7 heteroatoms. The Morgan fingerprint density at radius 3 is 2.69 bits per heavy atom. The Balaban J connectivity index is 2.02. The van der Waals surface area contributed by atoms with Crippen LogP contribution in [0.2, 0.25) is 0 Å². The molecule has 2 aromatic rings. The number of fused-ring (bicyclic) bond motifs is 1. The molecule has 0 radical (unpaired) electrons. The molecular weight excluding hydrogens is 368 g/mol. The van der Waals surface area contributed by atoms with E-state index in [1.807, 2.05) is 39.0 Å². The van der Waals surface area contributed by atoms with Crippen molar-refractivity contribution in [3.05, 3.63) is 48.0 Å². The van der Waals surface area contributed by atoms with Crippen LogP contribution in [0.15, 0.2) is 52.3 Å². The fraction of sp³-hybridized carbons (Fsp3) is 0.316. The summed E-state index contributed by atoms with van der Waals surface area (Å²) in [5, 5.41) is 2.85. The number of amides is 1. The normalized spacial score (nSPS) is 17.2. The molecule has 1 amide bonds. The molecule has 2 aromatic carbocycles. The monoisotopic (exact) mass is 390 g/mol. The Morgan fingerprint density at radius 2 is 2.00 bits per heavy atom. The molecule has 0 spiro atoms. The van der Waals surface area contributed by atoms with Gasteiger partial charge in [-0.25, -0.2) is 8.42 Å². The van der Waals surface area contributed by atoms with Crippen LogP contribution in [0.3, 0.4) is 0 Å². The molecule has 1 atom stereocenters. The van der Waals surface area contributed by atoms with Gasteiger partial charge in [0.05, 0.1) is 16.3 Å². The zero-order valence-corrected chi connectivity index (χ0v) is 16.7. The molecule has 0 saturated heterocycles. The first kappa shape index (κ1) is 18.8. The first-order valence-electron chi connectivity index (χ1n) is 8.50. The number of hydrogen-bond acceptors (Lipinski definition) is 4. The minimum absolute atomic E-state index is 0.0863. The van der Waals surface area contributed by atoms with Crippen LogP contribution in [0.25, 0.3) is 0 Å². The van der Waals surface area contributed by atoms with E-state index in [9.17, 15) is 13.2 Å². The Hall–Kier alpha value is -1.99. The summed E-state index contributed by atoms with van der Waals surface area (Å²) in [6, 6.07) is 12.4. The molecule has 0 aliphatic carbocycles. The van der Waals surface area contributed by atoms with Crippen LogP contribution in [0.4, 0.5) is 11.4 Å². The van der Waals surface area contributed by atoms with Crippen LogP contribution in [0.1, 0.15) is 19.4 Å². The molecule has 138 valence electrons. The van der Waals surface area contributed by atoms with E-state index in [2.05, 4.69) is 5.32 Å². The van der Waals surface area contributed by atoms with Gasteiger partial charge in [-0.1, -0.05) is 19.1 Å². The molecule has 1 aliphatic heterocycles. The maximum Gasteiger partial charge on any atom is 0.264 e. The number of aryl methyl sites for hydroxylation is 1. The predicted molar refractivity (Wildman–Crippen MR) is 106 cm³/mol. The Kier molecular flexibility index (Phi) is 5.29. The summed E-state index contributed by atoms with van der Waals surface area (Å²) in [7, 11) is -3.72. The number of rotatable bonds is 4. The number of carbonyl (C=O) groups is 1. The van der Waals surface area contributed by atoms with Crippen LogP contribution in [-0.2, 0) is 14.8 Å². The van der Waals surface area contributed by atoms with Gasteiger partial charge in [-0.2, -0.15) is 0 Å². The lowest BCUT2D eigenvalue weighted by Crippen LogP contribution is -2.31. The van der Waals surface area contributed by atoms with Crippen molar-refractivity contribution in [2.24, 2.45) is 5.92 Å². The standard InChI is InChI=1S/C19H22N2O3S2/c1-4-21(15-7-5-6-13(2)10-15)26(23,24)16-8-9-18-17(11-16)20-19(22)14(3)12-25-18/h5-11,14H,4,12H2,1-3H3,(H,20,22). The van der Waals surface area contributed by atoms with E-state index in [1.54, 1.807) is 36.0 Å². The summed E-state index contributed by atoms with van der Waals surface area (Å²) in [4.78, 5) is 13.2. The van der Waals surface area contributed by atoms with Gasteiger partial charge in [0, 0.05) is 23.1 Å². The summed E-state index contributed by atoms with van der Waals surface area (Å²) in [6.45, 7) is 5.92. The summed E-state index contributed by atoms with van der Waals surface area (Å²) >= 11 is 1.56.